The number of benzene rings is 1. The molecule has 0 atom stereocenters. The average Bonchev–Trinajstić information content (AvgIpc) is 2.15. The summed E-state index contributed by atoms with van der Waals surface area (Å²) in [5.74, 6) is 0.489. The molecular weight excluding hydrogens is 170 g/mol. The molecule has 0 aliphatic heterocycles. The quantitative estimate of drug-likeness (QED) is 0.568. The third-order valence-corrected chi connectivity index (χ3v) is 2.19. The van der Waals surface area contributed by atoms with Crippen molar-refractivity contribution in [3.8, 4) is 0 Å². The van der Waals surface area contributed by atoms with Gasteiger partial charge in [-0.15, -0.1) is 0 Å². The number of allylic oxidation sites excluding steroid dienone is 2. The van der Waals surface area contributed by atoms with Crippen molar-refractivity contribution in [2.45, 2.75) is 19.8 Å². The van der Waals surface area contributed by atoms with Crippen LogP contribution in [0.25, 0.3) is 6.08 Å². The maximum atomic E-state index is 5.91. The summed E-state index contributed by atoms with van der Waals surface area (Å²) < 4.78 is 0. The molecule has 0 spiro atoms. The van der Waals surface area contributed by atoms with Crippen molar-refractivity contribution in [3.05, 3.63) is 48.1 Å². The molecule has 0 saturated heterocycles. The van der Waals surface area contributed by atoms with Gasteiger partial charge >= 0.3 is 0 Å². The summed E-state index contributed by atoms with van der Waals surface area (Å²) in [6, 6.07) is 6.04. The van der Waals surface area contributed by atoms with Gasteiger partial charge in [-0.2, -0.15) is 0 Å². The molecule has 2 N–H and O–H groups in total. The number of hydrogen-bond acceptors (Lipinski definition) is 1. The number of anilines is 1. The highest BCUT2D eigenvalue weighted by Crippen LogP contribution is 2.25. The van der Waals surface area contributed by atoms with Gasteiger partial charge in [-0.3, -0.25) is 0 Å². The third-order valence-electron chi connectivity index (χ3n) is 2.19. The molecule has 0 heterocycles. The Bertz CT molecular complexity index is 348. The van der Waals surface area contributed by atoms with Crippen LogP contribution in [0, 0.1) is 0 Å². The molecule has 1 aromatic rings. The second kappa shape index (κ2) is 4.66. The molecule has 0 unspecified atom stereocenters. The van der Waals surface area contributed by atoms with Crippen LogP contribution in [0.3, 0.4) is 0 Å². The van der Waals surface area contributed by atoms with Crippen LogP contribution in [0.1, 0.15) is 30.9 Å². The summed E-state index contributed by atoms with van der Waals surface area (Å²) in [5, 5.41) is 0. The first-order chi connectivity index (χ1) is 6.66. The Morgan fingerprint density at radius 3 is 2.64 bits per heavy atom. The van der Waals surface area contributed by atoms with Gasteiger partial charge in [0.05, 0.1) is 0 Å². The lowest BCUT2D eigenvalue weighted by atomic mass is 9.95. The van der Waals surface area contributed by atoms with Crippen molar-refractivity contribution < 1.29 is 0 Å². The van der Waals surface area contributed by atoms with Crippen LogP contribution in [0.5, 0.6) is 0 Å². The minimum atomic E-state index is 0.489. The van der Waals surface area contributed by atoms with Gasteiger partial charge in [0, 0.05) is 11.3 Å². The number of rotatable bonds is 3. The van der Waals surface area contributed by atoms with E-state index in [-0.39, 0.29) is 0 Å². The standard InChI is InChI=1S/C13H17N/c1-4-5-7-12-11(10(2)3)8-6-9-13(12)14/h4-10H,1,14H2,2-3H3/b7-5-. The van der Waals surface area contributed by atoms with Crippen LogP contribution in [0.2, 0.25) is 0 Å². The lowest BCUT2D eigenvalue weighted by Gasteiger charge is -2.11. The van der Waals surface area contributed by atoms with Crippen LogP contribution < -0.4 is 5.73 Å². The first-order valence-corrected chi connectivity index (χ1v) is 4.84. The highest BCUT2D eigenvalue weighted by atomic mass is 14.6. The van der Waals surface area contributed by atoms with Gasteiger partial charge in [-0.1, -0.05) is 50.8 Å². The van der Waals surface area contributed by atoms with E-state index in [0.29, 0.717) is 5.92 Å². The Labute approximate surface area is 85.9 Å². The average molecular weight is 187 g/mol. The van der Waals surface area contributed by atoms with Crippen molar-refractivity contribution in [1.29, 1.82) is 0 Å². The van der Waals surface area contributed by atoms with E-state index < -0.39 is 0 Å². The zero-order chi connectivity index (χ0) is 10.6. The van der Waals surface area contributed by atoms with E-state index in [2.05, 4.69) is 26.5 Å². The van der Waals surface area contributed by atoms with E-state index in [4.69, 9.17) is 5.73 Å². The predicted molar refractivity (Wildman–Crippen MR) is 64.2 cm³/mol. The van der Waals surface area contributed by atoms with Gasteiger partial charge in [0.25, 0.3) is 0 Å². The summed E-state index contributed by atoms with van der Waals surface area (Å²) in [4.78, 5) is 0. The number of hydrogen-bond donors (Lipinski definition) is 1. The minimum absolute atomic E-state index is 0.489. The molecule has 0 aliphatic carbocycles. The molecule has 0 aliphatic rings. The Morgan fingerprint density at radius 1 is 1.36 bits per heavy atom. The lowest BCUT2D eigenvalue weighted by Crippen LogP contribution is -1.97. The van der Waals surface area contributed by atoms with Crippen LogP contribution in [-0.4, -0.2) is 0 Å². The summed E-state index contributed by atoms with van der Waals surface area (Å²) >= 11 is 0. The second-order valence-corrected chi connectivity index (χ2v) is 3.60. The molecular formula is C13H17N. The molecule has 0 saturated carbocycles. The molecule has 1 nitrogen and oxygen atoms in total. The molecule has 0 aromatic heterocycles. The first kappa shape index (κ1) is 10.6. The van der Waals surface area contributed by atoms with Crippen LogP contribution in [-0.2, 0) is 0 Å². The van der Waals surface area contributed by atoms with E-state index >= 15 is 0 Å². The van der Waals surface area contributed by atoms with Crippen molar-refractivity contribution in [2.75, 3.05) is 5.73 Å². The van der Waals surface area contributed by atoms with Crippen molar-refractivity contribution in [2.24, 2.45) is 0 Å². The Kier molecular flexibility index (Phi) is 3.52. The van der Waals surface area contributed by atoms with E-state index in [1.807, 2.05) is 24.3 Å². The fourth-order valence-corrected chi connectivity index (χ4v) is 1.46. The predicted octanol–water partition coefficient (Wildman–Crippen LogP) is 3.59. The monoisotopic (exact) mass is 187 g/mol. The van der Waals surface area contributed by atoms with Crippen LogP contribution >= 0.6 is 0 Å². The van der Waals surface area contributed by atoms with E-state index in [1.165, 1.54) is 5.56 Å². The minimum Gasteiger partial charge on any atom is -0.398 e. The van der Waals surface area contributed by atoms with E-state index in [1.54, 1.807) is 6.08 Å². The Morgan fingerprint density at radius 2 is 2.07 bits per heavy atom. The van der Waals surface area contributed by atoms with Gasteiger partial charge in [0.2, 0.25) is 0 Å². The molecule has 1 heteroatoms. The molecule has 0 amide bonds. The van der Waals surface area contributed by atoms with Crippen molar-refractivity contribution in [3.63, 3.8) is 0 Å². The molecule has 1 rings (SSSR count). The molecule has 0 bridgehead atoms. The van der Waals surface area contributed by atoms with Gasteiger partial charge in [-0.25, -0.2) is 0 Å². The topological polar surface area (TPSA) is 26.0 Å². The maximum absolute atomic E-state index is 5.91. The van der Waals surface area contributed by atoms with Gasteiger partial charge < -0.3 is 5.73 Å². The smallest absolute Gasteiger partial charge is 0.0390 e. The van der Waals surface area contributed by atoms with E-state index in [9.17, 15) is 0 Å². The highest BCUT2D eigenvalue weighted by Gasteiger charge is 2.05. The zero-order valence-corrected chi connectivity index (χ0v) is 8.83. The largest absolute Gasteiger partial charge is 0.398 e. The fourth-order valence-electron chi connectivity index (χ4n) is 1.46. The van der Waals surface area contributed by atoms with Gasteiger partial charge in [0.15, 0.2) is 0 Å². The zero-order valence-electron chi connectivity index (χ0n) is 8.83. The molecule has 0 fully saturated rings. The van der Waals surface area contributed by atoms with Crippen molar-refractivity contribution in [1.82, 2.24) is 0 Å². The SMILES string of the molecule is C=C/C=C\c1c(N)cccc1C(C)C. The highest BCUT2D eigenvalue weighted by molar-refractivity contribution is 5.68. The van der Waals surface area contributed by atoms with Crippen LogP contribution in [0.15, 0.2) is 36.9 Å². The maximum Gasteiger partial charge on any atom is 0.0390 e. The van der Waals surface area contributed by atoms with Crippen molar-refractivity contribution >= 4 is 11.8 Å². The molecule has 1 aromatic carbocycles. The Balaban J connectivity index is 3.21. The van der Waals surface area contributed by atoms with Gasteiger partial charge in [-0.05, 0) is 17.5 Å². The number of nitrogens with two attached hydrogens (primary N) is 1. The normalized spacial score (nSPS) is 11.1. The van der Waals surface area contributed by atoms with E-state index in [0.717, 1.165) is 11.3 Å². The lowest BCUT2D eigenvalue weighted by molar-refractivity contribution is 0.864. The van der Waals surface area contributed by atoms with Gasteiger partial charge in [0.1, 0.15) is 0 Å². The summed E-state index contributed by atoms with van der Waals surface area (Å²) in [5.41, 5.74) is 9.14. The summed E-state index contributed by atoms with van der Waals surface area (Å²) in [6.07, 6.45) is 5.69. The Hall–Kier alpha value is -1.50. The van der Waals surface area contributed by atoms with Crippen LogP contribution in [0.4, 0.5) is 5.69 Å². The molecule has 0 radical (unpaired) electrons. The summed E-state index contributed by atoms with van der Waals surface area (Å²) in [7, 11) is 0. The number of nitrogen functional groups attached to an aromatic ring is 1. The molecule has 14 heavy (non-hydrogen) atoms. The molecule has 74 valence electrons. The third kappa shape index (κ3) is 2.25. The fraction of sp³-hybridized carbons (Fsp3) is 0.231. The first-order valence-electron chi connectivity index (χ1n) is 4.84. The second-order valence-electron chi connectivity index (χ2n) is 3.60. The summed E-state index contributed by atoms with van der Waals surface area (Å²) in [6.45, 7) is 7.99.